The minimum absolute atomic E-state index is 0.176. The minimum atomic E-state index is 0.176. The van der Waals surface area contributed by atoms with E-state index in [4.69, 9.17) is 4.42 Å². The first-order valence-corrected chi connectivity index (χ1v) is 5.45. The summed E-state index contributed by atoms with van der Waals surface area (Å²) in [5.74, 6) is 0.963. The topological polar surface area (TPSA) is 25.2 Å². The van der Waals surface area contributed by atoms with Crippen molar-refractivity contribution in [2.45, 2.75) is 13.0 Å². The van der Waals surface area contributed by atoms with Crippen molar-refractivity contribution >= 4 is 11.3 Å². The van der Waals surface area contributed by atoms with Crippen molar-refractivity contribution in [3.63, 3.8) is 0 Å². The van der Waals surface area contributed by atoms with E-state index in [-0.39, 0.29) is 6.04 Å². The molecule has 0 saturated heterocycles. The smallest absolute Gasteiger partial charge is 0.125 e. The summed E-state index contributed by atoms with van der Waals surface area (Å²) < 4.78 is 5.39. The molecule has 0 radical (unpaired) electrons. The third-order valence-electron chi connectivity index (χ3n) is 2.20. The fourth-order valence-electron chi connectivity index (χ4n) is 1.54. The molecule has 1 N–H and O–H groups in total. The maximum absolute atomic E-state index is 5.39. The van der Waals surface area contributed by atoms with Crippen LogP contribution in [0.15, 0.2) is 34.3 Å². The Kier molecular flexibility index (Phi) is 2.70. The van der Waals surface area contributed by atoms with Crippen LogP contribution in [-0.2, 0) is 0 Å². The number of rotatable bonds is 3. The van der Waals surface area contributed by atoms with Crippen LogP contribution in [0.1, 0.15) is 22.2 Å². The average Bonchev–Trinajstić information content (AvgIpc) is 2.79. The van der Waals surface area contributed by atoms with Gasteiger partial charge in [0.2, 0.25) is 0 Å². The Bertz CT molecular complexity index is 391. The first-order valence-electron chi connectivity index (χ1n) is 4.57. The molecule has 0 aliphatic carbocycles. The third kappa shape index (κ3) is 1.74. The molecule has 0 bridgehead atoms. The molecule has 2 rings (SSSR count). The molecule has 2 nitrogen and oxygen atoms in total. The van der Waals surface area contributed by atoms with Gasteiger partial charge in [-0.2, -0.15) is 0 Å². The van der Waals surface area contributed by atoms with Crippen molar-refractivity contribution in [1.29, 1.82) is 0 Å². The molecule has 74 valence electrons. The summed E-state index contributed by atoms with van der Waals surface area (Å²) in [6.45, 7) is 2.11. The quantitative estimate of drug-likeness (QED) is 0.837. The first-order chi connectivity index (χ1) is 6.81. The Morgan fingerprint density at radius 3 is 2.86 bits per heavy atom. The second-order valence-electron chi connectivity index (χ2n) is 3.23. The van der Waals surface area contributed by atoms with Gasteiger partial charge in [0.1, 0.15) is 5.76 Å². The zero-order chi connectivity index (χ0) is 9.97. The normalized spacial score (nSPS) is 13.0. The van der Waals surface area contributed by atoms with Crippen molar-refractivity contribution in [3.05, 3.63) is 46.0 Å². The fourth-order valence-corrected chi connectivity index (χ4v) is 2.27. The Morgan fingerprint density at radius 1 is 1.50 bits per heavy atom. The van der Waals surface area contributed by atoms with Crippen LogP contribution < -0.4 is 5.32 Å². The molecule has 2 aromatic heterocycles. The van der Waals surface area contributed by atoms with E-state index in [1.165, 1.54) is 10.4 Å². The number of thiophene rings is 1. The van der Waals surface area contributed by atoms with Crippen LogP contribution in [0.4, 0.5) is 0 Å². The number of furan rings is 1. The molecule has 0 spiro atoms. The molecule has 1 unspecified atom stereocenters. The van der Waals surface area contributed by atoms with E-state index in [0.717, 1.165) is 5.76 Å². The zero-order valence-electron chi connectivity index (χ0n) is 8.28. The second-order valence-corrected chi connectivity index (χ2v) is 4.34. The van der Waals surface area contributed by atoms with Gasteiger partial charge in [-0.15, -0.1) is 11.3 Å². The maximum atomic E-state index is 5.39. The van der Waals surface area contributed by atoms with Gasteiger partial charge in [-0.3, -0.25) is 0 Å². The van der Waals surface area contributed by atoms with Crippen LogP contribution in [0.5, 0.6) is 0 Å². The largest absolute Gasteiger partial charge is 0.467 e. The van der Waals surface area contributed by atoms with Crippen molar-refractivity contribution in [2.24, 2.45) is 0 Å². The van der Waals surface area contributed by atoms with Gasteiger partial charge < -0.3 is 9.73 Å². The standard InChI is InChI=1S/C11H13NOS/c1-8-6-9(7-14-8)11(12-2)10-4-3-5-13-10/h3-7,11-12H,1-2H3. The van der Waals surface area contributed by atoms with Gasteiger partial charge in [-0.05, 0) is 43.1 Å². The molecule has 1 atom stereocenters. The predicted molar refractivity (Wildman–Crippen MR) is 58.7 cm³/mol. The fraction of sp³-hybridized carbons (Fsp3) is 0.273. The molecule has 0 aromatic carbocycles. The van der Waals surface area contributed by atoms with Crippen LogP contribution >= 0.6 is 11.3 Å². The van der Waals surface area contributed by atoms with Gasteiger partial charge in [-0.25, -0.2) is 0 Å². The van der Waals surface area contributed by atoms with Gasteiger partial charge in [0.05, 0.1) is 12.3 Å². The summed E-state index contributed by atoms with van der Waals surface area (Å²) in [7, 11) is 1.94. The molecule has 3 heteroatoms. The molecule has 0 saturated carbocycles. The summed E-state index contributed by atoms with van der Waals surface area (Å²) in [4.78, 5) is 1.33. The van der Waals surface area contributed by atoms with Crippen LogP contribution in [0.25, 0.3) is 0 Å². The SMILES string of the molecule is CNC(c1csc(C)c1)c1ccco1. The van der Waals surface area contributed by atoms with E-state index in [2.05, 4.69) is 23.7 Å². The molecule has 14 heavy (non-hydrogen) atoms. The van der Waals surface area contributed by atoms with Gasteiger partial charge in [-0.1, -0.05) is 0 Å². The molecule has 0 aliphatic heterocycles. The van der Waals surface area contributed by atoms with Gasteiger partial charge >= 0.3 is 0 Å². The van der Waals surface area contributed by atoms with Crippen LogP contribution in [-0.4, -0.2) is 7.05 Å². The molecule has 0 amide bonds. The number of aryl methyl sites for hydroxylation is 1. The lowest BCUT2D eigenvalue weighted by Gasteiger charge is -2.11. The van der Waals surface area contributed by atoms with Crippen molar-refractivity contribution in [2.75, 3.05) is 7.05 Å². The molecular formula is C11H13NOS. The minimum Gasteiger partial charge on any atom is -0.467 e. The van der Waals surface area contributed by atoms with Crippen molar-refractivity contribution < 1.29 is 4.42 Å². The summed E-state index contributed by atoms with van der Waals surface area (Å²) in [6.07, 6.45) is 1.71. The van der Waals surface area contributed by atoms with Crippen molar-refractivity contribution in [3.8, 4) is 0 Å². The molecular weight excluding hydrogens is 194 g/mol. The Morgan fingerprint density at radius 2 is 2.36 bits per heavy atom. The Balaban J connectivity index is 2.31. The zero-order valence-corrected chi connectivity index (χ0v) is 9.10. The highest BCUT2D eigenvalue weighted by molar-refractivity contribution is 7.10. The van der Waals surface area contributed by atoms with E-state index in [1.54, 1.807) is 17.6 Å². The molecule has 0 aliphatic rings. The van der Waals surface area contributed by atoms with E-state index in [9.17, 15) is 0 Å². The lowest BCUT2D eigenvalue weighted by atomic mass is 10.1. The van der Waals surface area contributed by atoms with Crippen molar-refractivity contribution in [1.82, 2.24) is 5.32 Å². The van der Waals surface area contributed by atoms with Crippen LogP contribution in [0, 0.1) is 6.92 Å². The van der Waals surface area contributed by atoms with Crippen LogP contribution in [0.2, 0.25) is 0 Å². The summed E-state index contributed by atoms with van der Waals surface area (Å²) in [5, 5.41) is 5.41. The summed E-state index contributed by atoms with van der Waals surface area (Å²) in [6, 6.07) is 6.27. The molecule has 2 heterocycles. The highest BCUT2D eigenvalue weighted by Crippen LogP contribution is 2.25. The summed E-state index contributed by atoms with van der Waals surface area (Å²) in [5.41, 5.74) is 1.27. The Hall–Kier alpha value is -1.06. The highest BCUT2D eigenvalue weighted by atomic mass is 32.1. The van der Waals surface area contributed by atoms with Gasteiger partial charge in [0.25, 0.3) is 0 Å². The van der Waals surface area contributed by atoms with E-state index < -0.39 is 0 Å². The van der Waals surface area contributed by atoms with E-state index in [1.807, 2.05) is 19.2 Å². The van der Waals surface area contributed by atoms with Crippen LogP contribution in [0.3, 0.4) is 0 Å². The average molecular weight is 207 g/mol. The first kappa shape index (κ1) is 9.49. The summed E-state index contributed by atoms with van der Waals surface area (Å²) >= 11 is 1.76. The van der Waals surface area contributed by atoms with E-state index >= 15 is 0 Å². The van der Waals surface area contributed by atoms with Gasteiger partial charge in [0.15, 0.2) is 0 Å². The number of nitrogens with one attached hydrogen (secondary N) is 1. The third-order valence-corrected chi connectivity index (χ3v) is 3.08. The molecule has 0 fully saturated rings. The monoisotopic (exact) mass is 207 g/mol. The second kappa shape index (κ2) is 3.98. The van der Waals surface area contributed by atoms with Gasteiger partial charge in [0, 0.05) is 4.88 Å². The molecule has 2 aromatic rings. The predicted octanol–water partition coefficient (Wildman–Crippen LogP) is 2.96. The Labute approximate surface area is 87.6 Å². The lowest BCUT2D eigenvalue weighted by molar-refractivity contribution is 0.464. The maximum Gasteiger partial charge on any atom is 0.125 e. The number of hydrogen-bond donors (Lipinski definition) is 1. The lowest BCUT2D eigenvalue weighted by Crippen LogP contribution is -2.16. The number of hydrogen-bond acceptors (Lipinski definition) is 3. The highest BCUT2D eigenvalue weighted by Gasteiger charge is 2.15. The van der Waals surface area contributed by atoms with E-state index in [0.29, 0.717) is 0 Å².